The normalized spacial score (nSPS) is 15.1. The minimum atomic E-state index is -0.359. The first kappa shape index (κ1) is 16.4. The van der Waals surface area contributed by atoms with Crippen LogP contribution in [-0.2, 0) is 4.79 Å². The van der Waals surface area contributed by atoms with Crippen LogP contribution in [0.3, 0.4) is 0 Å². The van der Waals surface area contributed by atoms with E-state index in [0.717, 1.165) is 18.8 Å². The summed E-state index contributed by atoms with van der Waals surface area (Å²) in [6.45, 7) is 10.7. The Hall–Kier alpha value is -0.570. The van der Waals surface area contributed by atoms with Crippen LogP contribution in [0.15, 0.2) is 0 Å². The summed E-state index contributed by atoms with van der Waals surface area (Å²) in [7, 11) is 0. The third kappa shape index (κ3) is 9.16. The number of carbonyl (C=O) groups is 1. The topological polar surface area (TPSA) is 55.1 Å². The van der Waals surface area contributed by atoms with Gasteiger partial charge in [-0.3, -0.25) is 4.79 Å². The van der Waals surface area contributed by atoms with Crippen molar-refractivity contribution in [1.82, 2.24) is 5.32 Å². The highest BCUT2D eigenvalue weighted by molar-refractivity contribution is 5.81. The molecule has 0 radical (unpaired) electrons. The molecule has 102 valence electrons. The average molecular weight is 242 g/mol. The van der Waals surface area contributed by atoms with E-state index < -0.39 is 0 Å². The van der Waals surface area contributed by atoms with Crippen LogP contribution in [0.2, 0.25) is 0 Å². The van der Waals surface area contributed by atoms with Gasteiger partial charge in [-0.15, -0.1) is 0 Å². The minimum Gasteiger partial charge on any atom is -0.352 e. The van der Waals surface area contributed by atoms with Crippen LogP contribution in [-0.4, -0.2) is 18.0 Å². The highest BCUT2D eigenvalue weighted by Gasteiger charge is 2.16. The van der Waals surface area contributed by atoms with Crippen molar-refractivity contribution in [3.63, 3.8) is 0 Å². The number of carbonyl (C=O) groups excluding carboxylic acids is 1. The summed E-state index contributed by atoms with van der Waals surface area (Å²) in [5.74, 6) is 1.20. The van der Waals surface area contributed by atoms with Crippen molar-refractivity contribution in [2.75, 3.05) is 0 Å². The van der Waals surface area contributed by atoms with Crippen molar-refractivity contribution in [1.29, 1.82) is 0 Å². The number of nitrogens with one attached hydrogen (secondary N) is 1. The molecule has 17 heavy (non-hydrogen) atoms. The van der Waals surface area contributed by atoms with E-state index in [0.29, 0.717) is 5.92 Å². The van der Waals surface area contributed by atoms with Gasteiger partial charge in [0.1, 0.15) is 0 Å². The third-order valence-electron chi connectivity index (χ3n) is 2.87. The Morgan fingerprint density at radius 2 is 1.65 bits per heavy atom. The highest BCUT2D eigenvalue weighted by Crippen LogP contribution is 2.09. The van der Waals surface area contributed by atoms with Crippen LogP contribution < -0.4 is 11.1 Å². The van der Waals surface area contributed by atoms with Crippen LogP contribution in [0.5, 0.6) is 0 Å². The van der Waals surface area contributed by atoms with Crippen LogP contribution in [0.1, 0.15) is 60.3 Å². The van der Waals surface area contributed by atoms with Crippen molar-refractivity contribution in [2.45, 2.75) is 72.4 Å². The summed E-state index contributed by atoms with van der Waals surface area (Å²) in [5.41, 5.74) is 5.83. The molecule has 1 amide bonds. The second-order valence-corrected chi connectivity index (χ2v) is 5.97. The molecular weight excluding hydrogens is 212 g/mol. The lowest BCUT2D eigenvalue weighted by molar-refractivity contribution is -0.123. The van der Waals surface area contributed by atoms with Gasteiger partial charge in [0.15, 0.2) is 0 Å². The van der Waals surface area contributed by atoms with Gasteiger partial charge in [-0.1, -0.05) is 40.5 Å². The predicted molar refractivity (Wildman–Crippen MR) is 73.7 cm³/mol. The van der Waals surface area contributed by atoms with Gasteiger partial charge in [0.2, 0.25) is 5.91 Å². The molecule has 0 aromatic carbocycles. The molecule has 0 aromatic heterocycles. The Bertz CT molecular complexity index is 214. The van der Waals surface area contributed by atoms with E-state index in [1.807, 2.05) is 0 Å². The standard InChI is InChI=1S/C14H30N2O/c1-10(2)7-6-8-12(5)16-14(17)13(15)9-11(3)4/h10-13H,6-9,15H2,1-5H3,(H,16,17). The van der Waals surface area contributed by atoms with E-state index in [9.17, 15) is 4.79 Å². The largest absolute Gasteiger partial charge is 0.352 e. The molecule has 2 unspecified atom stereocenters. The molecular formula is C14H30N2O. The fraction of sp³-hybridized carbons (Fsp3) is 0.929. The molecule has 0 aliphatic carbocycles. The average Bonchev–Trinajstić information content (AvgIpc) is 2.15. The Morgan fingerprint density at radius 1 is 1.06 bits per heavy atom. The number of hydrogen-bond acceptors (Lipinski definition) is 2. The van der Waals surface area contributed by atoms with Gasteiger partial charge in [0.05, 0.1) is 6.04 Å². The van der Waals surface area contributed by atoms with Crippen molar-refractivity contribution >= 4 is 5.91 Å². The SMILES string of the molecule is CC(C)CCCC(C)NC(=O)C(N)CC(C)C. The fourth-order valence-electron chi connectivity index (χ4n) is 1.87. The number of amides is 1. The monoisotopic (exact) mass is 242 g/mol. The van der Waals surface area contributed by atoms with Crippen molar-refractivity contribution in [2.24, 2.45) is 17.6 Å². The first-order valence-corrected chi connectivity index (χ1v) is 6.88. The van der Waals surface area contributed by atoms with E-state index in [1.54, 1.807) is 0 Å². The third-order valence-corrected chi connectivity index (χ3v) is 2.87. The molecule has 2 atom stereocenters. The zero-order valence-corrected chi connectivity index (χ0v) is 12.1. The number of hydrogen-bond donors (Lipinski definition) is 2. The van der Waals surface area contributed by atoms with Gasteiger partial charge in [0.25, 0.3) is 0 Å². The number of rotatable bonds is 8. The molecule has 3 N–H and O–H groups in total. The quantitative estimate of drug-likeness (QED) is 0.687. The maximum absolute atomic E-state index is 11.7. The maximum atomic E-state index is 11.7. The Kier molecular flexibility index (Phi) is 8.23. The first-order valence-electron chi connectivity index (χ1n) is 6.88. The fourth-order valence-corrected chi connectivity index (χ4v) is 1.87. The smallest absolute Gasteiger partial charge is 0.237 e. The number of nitrogens with two attached hydrogens (primary N) is 1. The zero-order valence-electron chi connectivity index (χ0n) is 12.1. The van der Waals surface area contributed by atoms with E-state index >= 15 is 0 Å². The summed E-state index contributed by atoms with van der Waals surface area (Å²) < 4.78 is 0. The second-order valence-electron chi connectivity index (χ2n) is 5.97. The Labute approximate surface area is 107 Å². The van der Waals surface area contributed by atoms with Crippen LogP contribution in [0.4, 0.5) is 0 Å². The maximum Gasteiger partial charge on any atom is 0.237 e. The molecule has 0 bridgehead atoms. The van der Waals surface area contributed by atoms with Gasteiger partial charge in [-0.25, -0.2) is 0 Å². The molecule has 0 fully saturated rings. The lowest BCUT2D eigenvalue weighted by Gasteiger charge is -2.19. The molecule has 0 aliphatic rings. The van der Waals surface area contributed by atoms with Crippen molar-refractivity contribution < 1.29 is 4.79 Å². The summed E-state index contributed by atoms with van der Waals surface area (Å²) in [6, 6.07) is -0.123. The minimum absolute atomic E-state index is 0.00394. The molecule has 0 aliphatic heterocycles. The van der Waals surface area contributed by atoms with Crippen molar-refractivity contribution in [3.05, 3.63) is 0 Å². The highest BCUT2D eigenvalue weighted by atomic mass is 16.2. The van der Waals surface area contributed by atoms with E-state index in [2.05, 4.69) is 39.9 Å². The summed E-state index contributed by atoms with van der Waals surface area (Å²) in [6.07, 6.45) is 4.18. The van der Waals surface area contributed by atoms with Crippen LogP contribution in [0, 0.1) is 11.8 Å². The zero-order chi connectivity index (χ0) is 13.4. The van der Waals surface area contributed by atoms with E-state index in [-0.39, 0.29) is 18.0 Å². The Morgan fingerprint density at radius 3 is 2.12 bits per heavy atom. The molecule has 0 heterocycles. The molecule has 3 heteroatoms. The van der Waals surface area contributed by atoms with Crippen LogP contribution >= 0.6 is 0 Å². The predicted octanol–water partition coefficient (Wildman–Crippen LogP) is 2.69. The molecule has 3 nitrogen and oxygen atoms in total. The first-order chi connectivity index (χ1) is 7.82. The van der Waals surface area contributed by atoms with Gasteiger partial charge >= 0.3 is 0 Å². The molecule has 0 saturated carbocycles. The Balaban J connectivity index is 3.79. The van der Waals surface area contributed by atoms with Gasteiger partial charge < -0.3 is 11.1 Å². The molecule has 0 spiro atoms. The second kappa shape index (κ2) is 8.51. The van der Waals surface area contributed by atoms with Gasteiger partial charge in [-0.05, 0) is 31.6 Å². The lowest BCUT2D eigenvalue weighted by atomic mass is 10.0. The van der Waals surface area contributed by atoms with Gasteiger partial charge in [-0.2, -0.15) is 0 Å². The molecule has 0 saturated heterocycles. The summed E-state index contributed by atoms with van der Waals surface area (Å²) in [5, 5.41) is 2.99. The van der Waals surface area contributed by atoms with Crippen molar-refractivity contribution in [3.8, 4) is 0 Å². The van der Waals surface area contributed by atoms with Gasteiger partial charge in [0, 0.05) is 6.04 Å². The summed E-state index contributed by atoms with van der Waals surface area (Å²) in [4.78, 5) is 11.7. The van der Waals surface area contributed by atoms with Crippen LogP contribution in [0.25, 0.3) is 0 Å². The molecule has 0 aromatic rings. The lowest BCUT2D eigenvalue weighted by Crippen LogP contribution is -2.45. The van der Waals surface area contributed by atoms with E-state index in [4.69, 9.17) is 5.73 Å². The summed E-state index contributed by atoms with van der Waals surface area (Å²) >= 11 is 0. The molecule has 0 rings (SSSR count). The van der Waals surface area contributed by atoms with E-state index in [1.165, 1.54) is 12.8 Å².